The van der Waals surface area contributed by atoms with Crippen LogP contribution in [0.4, 0.5) is 6.01 Å². The topological polar surface area (TPSA) is 47.3 Å². The van der Waals surface area contributed by atoms with Gasteiger partial charge in [0.25, 0.3) is 6.01 Å². The largest absolute Gasteiger partial charge is 0.496 e. The quantitative estimate of drug-likeness (QED) is 0.880. The van der Waals surface area contributed by atoms with Gasteiger partial charge in [0.1, 0.15) is 11.5 Å². The number of hydrogen-bond donors (Lipinski definition) is 1. The highest BCUT2D eigenvalue weighted by Gasteiger charge is 2.11. The van der Waals surface area contributed by atoms with Crippen LogP contribution < -0.4 is 10.1 Å². The highest BCUT2D eigenvalue weighted by molar-refractivity contribution is 5.37. The molecule has 4 heteroatoms. The molecule has 2 rings (SSSR count). The normalized spacial score (nSPS) is 10.3. The monoisotopic (exact) mass is 232 g/mol. The number of aryl methyl sites for hydroxylation is 1. The van der Waals surface area contributed by atoms with Crippen molar-refractivity contribution in [1.29, 1.82) is 0 Å². The molecule has 1 aromatic carbocycles. The van der Waals surface area contributed by atoms with Gasteiger partial charge < -0.3 is 14.5 Å². The standard InChI is InChI=1S/C13H16N2O2/c1-9-12(17-13(14-2)15-9)8-10-6-4-5-7-11(10)16-3/h4-7H,8H2,1-3H3,(H,14,15). The van der Waals surface area contributed by atoms with Crippen LogP contribution in [-0.2, 0) is 6.42 Å². The molecule has 0 aliphatic rings. The number of benzene rings is 1. The number of methoxy groups -OCH3 is 1. The lowest BCUT2D eigenvalue weighted by molar-refractivity contribution is 0.408. The molecule has 0 radical (unpaired) electrons. The lowest BCUT2D eigenvalue weighted by atomic mass is 10.1. The number of nitrogens with zero attached hydrogens (tertiary/aromatic N) is 1. The van der Waals surface area contributed by atoms with Crippen molar-refractivity contribution in [3.8, 4) is 5.75 Å². The van der Waals surface area contributed by atoms with Crippen LogP contribution >= 0.6 is 0 Å². The molecule has 2 aromatic rings. The van der Waals surface area contributed by atoms with Gasteiger partial charge in [-0.15, -0.1) is 0 Å². The summed E-state index contributed by atoms with van der Waals surface area (Å²) in [6.45, 7) is 1.94. The molecule has 1 N–H and O–H groups in total. The highest BCUT2D eigenvalue weighted by atomic mass is 16.5. The smallest absolute Gasteiger partial charge is 0.294 e. The summed E-state index contributed by atoms with van der Waals surface area (Å²) in [5.41, 5.74) is 2.00. The Kier molecular flexibility index (Phi) is 3.32. The van der Waals surface area contributed by atoms with Crippen molar-refractivity contribution in [1.82, 2.24) is 4.98 Å². The van der Waals surface area contributed by atoms with Crippen LogP contribution in [0.3, 0.4) is 0 Å². The molecule has 0 amide bonds. The molecule has 0 saturated heterocycles. The zero-order chi connectivity index (χ0) is 12.3. The third-order valence-electron chi connectivity index (χ3n) is 2.65. The first-order chi connectivity index (χ1) is 8.24. The van der Waals surface area contributed by atoms with Gasteiger partial charge in [-0.3, -0.25) is 0 Å². The van der Waals surface area contributed by atoms with E-state index in [2.05, 4.69) is 10.3 Å². The molecular weight excluding hydrogens is 216 g/mol. The molecular formula is C13H16N2O2. The number of para-hydroxylation sites is 1. The molecule has 0 saturated carbocycles. The van der Waals surface area contributed by atoms with Gasteiger partial charge in [0, 0.05) is 19.0 Å². The van der Waals surface area contributed by atoms with Gasteiger partial charge in [-0.25, -0.2) is 0 Å². The molecule has 4 nitrogen and oxygen atoms in total. The molecule has 1 heterocycles. The van der Waals surface area contributed by atoms with Gasteiger partial charge in [-0.1, -0.05) is 18.2 Å². The zero-order valence-corrected chi connectivity index (χ0v) is 10.3. The van der Waals surface area contributed by atoms with Gasteiger partial charge in [-0.05, 0) is 13.0 Å². The van der Waals surface area contributed by atoms with E-state index in [-0.39, 0.29) is 0 Å². The molecule has 1 aromatic heterocycles. The SMILES string of the molecule is CNc1nc(C)c(Cc2ccccc2OC)o1. The molecule has 0 atom stereocenters. The maximum Gasteiger partial charge on any atom is 0.294 e. The Morgan fingerprint density at radius 1 is 1.35 bits per heavy atom. The first kappa shape index (κ1) is 11.5. The third-order valence-corrected chi connectivity index (χ3v) is 2.65. The second-order valence-corrected chi connectivity index (χ2v) is 3.77. The number of rotatable bonds is 4. The summed E-state index contributed by atoms with van der Waals surface area (Å²) in [7, 11) is 3.46. The van der Waals surface area contributed by atoms with Gasteiger partial charge in [0.15, 0.2) is 0 Å². The lowest BCUT2D eigenvalue weighted by Crippen LogP contribution is -1.93. The molecule has 90 valence electrons. The number of anilines is 1. The van der Waals surface area contributed by atoms with Crippen LogP contribution in [-0.4, -0.2) is 19.1 Å². The summed E-state index contributed by atoms with van der Waals surface area (Å²) in [6.07, 6.45) is 0.685. The summed E-state index contributed by atoms with van der Waals surface area (Å²) in [5, 5.41) is 2.89. The van der Waals surface area contributed by atoms with E-state index in [1.54, 1.807) is 14.2 Å². The highest BCUT2D eigenvalue weighted by Crippen LogP contribution is 2.23. The fourth-order valence-electron chi connectivity index (χ4n) is 1.72. The van der Waals surface area contributed by atoms with Crippen molar-refractivity contribution in [2.45, 2.75) is 13.3 Å². The molecule has 0 bridgehead atoms. The predicted molar refractivity (Wildman–Crippen MR) is 66.6 cm³/mol. The Morgan fingerprint density at radius 2 is 2.12 bits per heavy atom. The van der Waals surface area contributed by atoms with Gasteiger partial charge >= 0.3 is 0 Å². The van der Waals surface area contributed by atoms with Crippen molar-refractivity contribution in [3.63, 3.8) is 0 Å². The fourth-order valence-corrected chi connectivity index (χ4v) is 1.72. The number of nitrogens with one attached hydrogen (secondary N) is 1. The number of hydrogen-bond acceptors (Lipinski definition) is 4. The molecule has 0 aliphatic carbocycles. The Hall–Kier alpha value is -1.97. The Bertz CT molecular complexity index is 506. The maximum absolute atomic E-state index is 5.59. The van der Waals surface area contributed by atoms with E-state index in [1.807, 2.05) is 31.2 Å². The third kappa shape index (κ3) is 2.41. The Balaban J connectivity index is 2.27. The second kappa shape index (κ2) is 4.91. The van der Waals surface area contributed by atoms with Gasteiger partial charge in [0.05, 0.1) is 12.8 Å². The van der Waals surface area contributed by atoms with Crippen molar-refractivity contribution >= 4 is 6.01 Å². The van der Waals surface area contributed by atoms with E-state index in [0.29, 0.717) is 12.4 Å². The van der Waals surface area contributed by atoms with Crippen molar-refractivity contribution in [2.24, 2.45) is 0 Å². The molecule has 0 fully saturated rings. The minimum atomic E-state index is 0.549. The van der Waals surface area contributed by atoms with E-state index < -0.39 is 0 Å². The first-order valence-corrected chi connectivity index (χ1v) is 5.50. The van der Waals surface area contributed by atoms with E-state index in [0.717, 1.165) is 22.8 Å². The Labute approximate surface area is 101 Å². The molecule has 0 aliphatic heterocycles. The minimum Gasteiger partial charge on any atom is -0.496 e. The zero-order valence-electron chi connectivity index (χ0n) is 10.3. The average Bonchev–Trinajstić information content (AvgIpc) is 2.71. The van der Waals surface area contributed by atoms with E-state index >= 15 is 0 Å². The number of aromatic nitrogens is 1. The summed E-state index contributed by atoms with van der Waals surface area (Å²) in [4.78, 5) is 4.26. The van der Waals surface area contributed by atoms with E-state index in [1.165, 1.54) is 0 Å². The molecule has 0 unspecified atom stereocenters. The summed E-state index contributed by atoms with van der Waals surface area (Å²) >= 11 is 0. The van der Waals surface area contributed by atoms with Crippen molar-refractivity contribution in [3.05, 3.63) is 41.3 Å². The van der Waals surface area contributed by atoms with Crippen molar-refractivity contribution in [2.75, 3.05) is 19.5 Å². The summed E-state index contributed by atoms with van der Waals surface area (Å²) in [5.74, 6) is 1.73. The van der Waals surface area contributed by atoms with Crippen LogP contribution in [0.5, 0.6) is 5.75 Å². The lowest BCUT2D eigenvalue weighted by Gasteiger charge is -2.06. The molecule has 0 spiro atoms. The van der Waals surface area contributed by atoms with Crippen molar-refractivity contribution < 1.29 is 9.15 Å². The summed E-state index contributed by atoms with van der Waals surface area (Å²) < 4.78 is 10.9. The minimum absolute atomic E-state index is 0.549. The van der Waals surface area contributed by atoms with E-state index in [9.17, 15) is 0 Å². The average molecular weight is 232 g/mol. The number of ether oxygens (including phenoxy) is 1. The molecule has 17 heavy (non-hydrogen) atoms. The van der Waals surface area contributed by atoms with Crippen LogP contribution in [0.25, 0.3) is 0 Å². The predicted octanol–water partition coefficient (Wildman–Crippen LogP) is 2.62. The van der Waals surface area contributed by atoms with Crippen LogP contribution in [0.2, 0.25) is 0 Å². The second-order valence-electron chi connectivity index (χ2n) is 3.77. The van der Waals surface area contributed by atoms with Crippen LogP contribution in [0.15, 0.2) is 28.7 Å². The fraction of sp³-hybridized carbons (Fsp3) is 0.308. The van der Waals surface area contributed by atoms with Gasteiger partial charge in [-0.2, -0.15) is 4.98 Å². The Morgan fingerprint density at radius 3 is 2.76 bits per heavy atom. The number of oxazole rings is 1. The maximum atomic E-state index is 5.59. The van der Waals surface area contributed by atoms with Crippen LogP contribution in [0, 0.1) is 6.92 Å². The van der Waals surface area contributed by atoms with Crippen LogP contribution in [0.1, 0.15) is 17.0 Å². The first-order valence-electron chi connectivity index (χ1n) is 5.50. The van der Waals surface area contributed by atoms with Gasteiger partial charge in [0.2, 0.25) is 0 Å². The summed E-state index contributed by atoms with van der Waals surface area (Å²) in [6, 6.07) is 8.46. The van der Waals surface area contributed by atoms with E-state index in [4.69, 9.17) is 9.15 Å².